The van der Waals surface area contributed by atoms with Crippen molar-refractivity contribution in [1.82, 2.24) is 5.32 Å². The Balaban J connectivity index is 1.77. The van der Waals surface area contributed by atoms with E-state index in [9.17, 15) is 9.18 Å². The van der Waals surface area contributed by atoms with E-state index in [1.807, 2.05) is 31.2 Å². The quantitative estimate of drug-likeness (QED) is 0.889. The Labute approximate surface area is 130 Å². The molecule has 0 unspecified atom stereocenters. The Morgan fingerprint density at radius 2 is 1.95 bits per heavy atom. The number of rotatable bonds is 6. The summed E-state index contributed by atoms with van der Waals surface area (Å²) in [4.78, 5) is 12.0. The fourth-order valence-corrected chi connectivity index (χ4v) is 2.07. The average Bonchev–Trinajstić information content (AvgIpc) is 2.49. The minimum absolute atomic E-state index is 0.163. The highest BCUT2D eigenvalue weighted by atomic mass is 19.1. The SMILES string of the molecule is Cc1cccc(O[C@H](C)C(=O)NCCc2ccc(F)cc2)c1. The van der Waals surface area contributed by atoms with Crippen molar-refractivity contribution in [2.24, 2.45) is 0 Å². The van der Waals surface area contributed by atoms with Crippen LogP contribution in [0.25, 0.3) is 0 Å². The van der Waals surface area contributed by atoms with E-state index in [0.717, 1.165) is 11.1 Å². The van der Waals surface area contributed by atoms with E-state index in [0.29, 0.717) is 18.7 Å². The van der Waals surface area contributed by atoms with Crippen LogP contribution in [0.2, 0.25) is 0 Å². The van der Waals surface area contributed by atoms with Gasteiger partial charge >= 0.3 is 0 Å². The van der Waals surface area contributed by atoms with Crippen LogP contribution < -0.4 is 10.1 Å². The molecule has 22 heavy (non-hydrogen) atoms. The van der Waals surface area contributed by atoms with Crippen LogP contribution in [-0.4, -0.2) is 18.6 Å². The van der Waals surface area contributed by atoms with Crippen LogP contribution in [0.4, 0.5) is 4.39 Å². The third-order valence-corrected chi connectivity index (χ3v) is 3.30. The molecule has 2 aromatic carbocycles. The van der Waals surface area contributed by atoms with Gasteiger partial charge in [-0.3, -0.25) is 4.79 Å². The molecule has 0 bridgehead atoms. The second kappa shape index (κ2) is 7.59. The molecule has 0 aliphatic heterocycles. The Kier molecular flexibility index (Phi) is 5.53. The molecule has 4 heteroatoms. The molecular weight excluding hydrogens is 281 g/mol. The number of nitrogens with one attached hydrogen (secondary N) is 1. The molecule has 0 spiro atoms. The zero-order valence-corrected chi connectivity index (χ0v) is 12.8. The highest BCUT2D eigenvalue weighted by Gasteiger charge is 2.13. The third-order valence-electron chi connectivity index (χ3n) is 3.30. The monoisotopic (exact) mass is 301 g/mol. The van der Waals surface area contributed by atoms with Crippen LogP contribution in [0, 0.1) is 12.7 Å². The van der Waals surface area contributed by atoms with Crippen molar-refractivity contribution in [1.29, 1.82) is 0 Å². The molecule has 116 valence electrons. The Hall–Kier alpha value is -2.36. The van der Waals surface area contributed by atoms with E-state index in [-0.39, 0.29) is 11.7 Å². The summed E-state index contributed by atoms with van der Waals surface area (Å²) in [5.74, 6) is 0.262. The fraction of sp³-hybridized carbons (Fsp3) is 0.278. The van der Waals surface area contributed by atoms with Crippen molar-refractivity contribution >= 4 is 5.91 Å². The maximum absolute atomic E-state index is 12.8. The molecule has 0 saturated carbocycles. The van der Waals surface area contributed by atoms with E-state index in [2.05, 4.69) is 5.32 Å². The first-order valence-corrected chi connectivity index (χ1v) is 7.30. The first-order valence-electron chi connectivity index (χ1n) is 7.30. The van der Waals surface area contributed by atoms with Gasteiger partial charge < -0.3 is 10.1 Å². The van der Waals surface area contributed by atoms with Gasteiger partial charge in [-0.2, -0.15) is 0 Å². The lowest BCUT2D eigenvalue weighted by atomic mass is 10.1. The summed E-state index contributed by atoms with van der Waals surface area (Å²) in [7, 11) is 0. The average molecular weight is 301 g/mol. The number of carbonyl (C=O) groups excluding carboxylic acids is 1. The summed E-state index contributed by atoms with van der Waals surface area (Å²) in [6, 6.07) is 13.9. The number of halogens is 1. The zero-order chi connectivity index (χ0) is 15.9. The number of carbonyl (C=O) groups is 1. The lowest BCUT2D eigenvalue weighted by molar-refractivity contribution is -0.127. The van der Waals surface area contributed by atoms with Crippen molar-refractivity contribution in [3.05, 3.63) is 65.5 Å². The van der Waals surface area contributed by atoms with Crippen molar-refractivity contribution in [3.8, 4) is 5.75 Å². The van der Waals surface area contributed by atoms with Gasteiger partial charge in [0.2, 0.25) is 0 Å². The minimum atomic E-state index is -0.560. The standard InChI is InChI=1S/C18H20FNO2/c1-13-4-3-5-17(12-13)22-14(2)18(21)20-11-10-15-6-8-16(19)9-7-15/h3-9,12,14H,10-11H2,1-2H3,(H,20,21)/t14-/m1/s1. The normalized spacial score (nSPS) is 11.8. The molecule has 0 aliphatic carbocycles. The first kappa shape index (κ1) is 16.0. The number of benzene rings is 2. The van der Waals surface area contributed by atoms with E-state index >= 15 is 0 Å². The van der Waals surface area contributed by atoms with Gasteiger partial charge in [-0.15, -0.1) is 0 Å². The lowest BCUT2D eigenvalue weighted by Crippen LogP contribution is -2.37. The highest BCUT2D eigenvalue weighted by Crippen LogP contribution is 2.14. The van der Waals surface area contributed by atoms with Crippen molar-refractivity contribution < 1.29 is 13.9 Å². The molecule has 0 radical (unpaired) electrons. The van der Waals surface area contributed by atoms with Crippen LogP contribution in [0.3, 0.4) is 0 Å². The Morgan fingerprint density at radius 3 is 2.64 bits per heavy atom. The highest BCUT2D eigenvalue weighted by molar-refractivity contribution is 5.80. The van der Waals surface area contributed by atoms with Gasteiger partial charge in [0.25, 0.3) is 5.91 Å². The molecule has 1 atom stereocenters. The first-order chi connectivity index (χ1) is 10.5. The third kappa shape index (κ3) is 4.88. The molecule has 1 N–H and O–H groups in total. The fourth-order valence-electron chi connectivity index (χ4n) is 2.07. The van der Waals surface area contributed by atoms with E-state index < -0.39 is 6.10 Å². The van der Waals surface area contributed by atoms with Gasteiger partial charge in [-0.05, 0) is 55.7 Å². The van der Waals surface area contributed by atoms with E-state index in [4.69, 9.17) is 4.74 Å². The second-order valence-electron chi connectivity index (χ2n) is 5.24. The van der Waals surface area contributed by atoms with Crippen molar-refractivity contribution in [3.63, 3.8) is 0 Å². The molecule has 0 aromatic heterocycles. The van der Waals surface area contributed by atoms with Gasteiger partial charge in [-0.1, -0.05) is 24.3 Å². The molecule has 0 heterocycles. The predicted molar refractivity (Wildman–Crippen MR) is 84.4 cm³/mol. The molecule has 3 nitrogen and oxygen atoms in total. The summed E-state index contributed by atoms with van der Waals surface area (Å²) < 4.78 is 18.4. The van der Waals surface area contributed by atoms with Crippen LogP contribution in [0.5, 0.6) is 5.75 Å². The smallest absolute Gasteiger partial charge is 0.260 e. The summed E-state index contributed by atoms with van der Waals surface area (Å²) in [5, 5.41) is 2.82. The topological polar surface area (TPSA) is 38.3 Å². The Bertz CT molecular complexity index is 625. The molecular formula is C18H20FNO2. The number of hydrogen-bond donors (Lipinski definition) is 1. The molecule has 1 amide bonds. The number of hydrogen-bond acceptors (Lipinski definition) is 2. The summed E-state index contributed by atoms with van der Waals surface area (Å²) in [6.07, 6.45) is 0.0958. The molecule has 2 aromatic rings. The van der Waals surface area contributed by atoms with Crippen molar-refractivity contribution in [2.75, 3.05) is 6.54 Å². The number of amides is 1. The molecule has 0 saturated heterocycles. The predicted octanol–water partition coefficient (Wildman–Crippen LogP) is 3.26. The summed E-state index contributed by atoms with van der Waals surface area (Å²) >= 11 is 0. The molecule has 2 rings (SSSR count). The van der Waals surface area contributed by atoms with Crippen LogP contribution in [-0.2, 0) is 11.2 Å². The van der Waals surface area contributed by atoms with Gasteiger partial charge in [0.05, 0.1) is 0 Å². The van der Waals surface area contributed by atoms with Crippen LogP contribution in [0.15, 0.2) is 48.5 Å². The zero-order valence-electron chi connectivity index (χ0n) is 12.8. The number of aryl methyl sites for hydroxylation is 1. The van der Waals surface area contributed by atoms with Crippen molar-refractivity contribution in [2.45, 2.75) is 26.4 Å². The largest absolute Gasteiger partial charge is 0.481 e. The van der Waals surface area contributed by atoms with Gasteiger partial charge in [-0.25, -0.2) is 4.39 Å². The van der Waals surface area contributed by atoms with Crippen LogP contribution in [0.1, 0.15) is 18.1 Å². The van der Waals surface area contributed by atoms with Gasteiger partial charge in [0.15, 0.2) is 6.10 Å². The van der Waals surface area contributed by atoms with Gasteiger partial charge in [0.1, 0.15) is 11.6 Å². The minimum Gasteiger partial charge on any atom is -0.481 e. The maximum Gasteiger partial charge on any atom is 0.260 e. The summed E-state index contributed by atoms with van der Waals surface area (Å²) in [5.41, 5.74) is 2.07. The van der Waals surface area contributed by atoms with Crippen LogP contribution >= 0.6 is 0 Å². The molecule has 0 fully saturated rings. The maximum atomic E-state index is 12.8. The van der Waals surface area contributed by atoms with E-state index in [1.165, 1.54) is 12.1 Å². The number of ether oxygens (including phenoxy) is 1. The van der Waals surface area contributed by atoms with Gasteiger partial charge in [0, 0.05) is 6.54 Å². The Morgan fingerprint density at radius 1 is 1.23 bits per heavy atom. The van der Waals surface area contributed by atoms with E-state index in [1.54, 1.807) is 19.1 Å². The molecule has 0 aliphatic rings. The second-order valence-corrected chi connectivity index (χ2v) is 5.24. The summed E-state index contributed by atoms with van der Waals surface area (Å²) in [6.45, 7) is 4.18. The lowest BCUT2D eigenvalue weighted by Gasteiger charge is -2.15.